The van der Waals surface area contributed by atoms with Crippen LogP contribution in [0.25, 0.3) is 11.3 Å². The van der Waals surface area contributed by atoms with Gasteiger partial charge in [0.2, 0.25) is 11.8 Å². The molecule has 1 aliphatic heterocycles. The molecule has 0 amide bonds. The van der Waals surface area contributed by atoms with Crippen molar-refractivity contribution >= 4 is 34.8 Å². The number of fused-ring (bicyclic) bond motifs is 1. The number of hydrogen-bond acceptors (Lipinski definition) is 4. The van der Waals surface area contributed by atoms with Crippen molar-refractivity contribution in [3.63, 3.8) is 0 Å². The van der Waals surface area contributed by atoms with Gasteiger partial charge in [0.1, 0.15) is 17.5 Å². The fourth-order valence-corrected chi connectivity index (χ4v) is 3.76. The van der Waals surface area contributed by atoms with Crippen LogP contribution < -0.4 is 10.5 Å². The van der Waals surface area contributed by atoms with E-state index in [1.54, 1.807) is 24.3 Å². The van der Waals surface area contributed by atoms with Gasteiger partial charge in [-0.2, -0.15) is 5.26 Å². The van der Waals surface area contributed by atoms with E-state index in [9.17, 15) is 9.65 Å². The van der Waals surface area contributed by atoms with Crippen LogP contribution in [0.3, 0.4) is 0 Å². The van der Waals surface area contributed by atoms with Gasteiger partial charge < -0.3 is 10.5 Å². The molecule has 0 fully saturated rings. The van der Waals surface area contributed by atoms with Crippen molar-refractivity contribution < 1.29 is 9.13 Å². The summed E-state index contributed by atoms with van der Waals surface area (Å²) < 4.78 is 20.2. The number of rotatable bonds is 2. The van der Waals surface area contributed by atoms with E-state index in [0.717, 1.165) is 0 Å². The fourth-order valence-electron chi connectivity index (χ4n) is 3.19. The molecule has 0 bridgehead atoms. The van der Waals surface area contributed by atoms with Crippen LogP contribution in [0.5, 0.6) is 5.88 Å². The zero-order valence-electron chi connectivity index (χ0n) is 13.9. The Labute approximate surface area is 174 Å². The standard InChI is InChI=1S/C19H10Cl3FN4O/c20-10-5-4-8(6-12(10)22)17-16-14(15-11(21)2-1-3-13(15)23)9(7-24)18(25)28-19(16)27-26-17/h1-6,14H,25H2,(H,26,27)/t14-/m1/s1. The van der Waals surface area contributed by atoms with Crippen molar-refractivity contribution in [1.29, 1.82) is 5.26 Å². The van der Waals surface area contributed by atoms with Crippen molar-refractivity contribution in [3.05, 3.63) is 79.9 Å². The van der Waals surface area contributed by atoms with Gasteiger partial charge in [0.05, 0.1) is 27.2 Å². The molecule has 140 valence electrons. The first-order chi connectivity index (χ1) is 13.4. The second kappa shape index (κ2) is 7.02. The lowest BCUT2D eigenvalue weighted by Gasteiger charge is -2.25. The van der Waals surface area contributed by atoms with E-state index in [1.165, 1.54) is 12.1 Å². The van der Waals surface area contributed by atoms with Crippen LogP contribution in [0, 0.1) is 17.1 Å². The zero-order chi connectivity index (χ0) is 20.0. The van der Waals surface area contributed by atoms with Crippen LogP contribution in [0.4, 0.5) is 4.39 Å². The Kier molecular flexibility index (Phi) is 4.68. The average Bonchev–Trinajstić information content (AvgIpc) is 3.07. The number of H-pyrrole nitrogens is 1. The summed E-state index contributed by atoms with van der Waals surface area (Å²) in [4.78, 5) is 0. The van der Waals surface area contributed by atoms with Crippen molar-refractivity contribution in [2.75, 3.05) is 0 Å². The van der Waals surface area contributed by atoms with Crippen LogP contribution in [-0.2, 0) is 0 Å². The molecule has 3 aromatic rings. The summed E-state index contributed by atoms with van der Waals surface area (Å²) in [5, 5.41) is 17.5. The summed E-state index contributed by atoms with van der Waals surface area (Å²) in [7, 11) is 0. The van der Waals surface area contributed by atoms with Gasteiger partial charge in [-0.25, -0.2) is 4.39 Å². The number of nitriles is 1. The Morgan fingerprint density at radius 1 is 1.11 bits per heavy atom. The van der Waals surface area contributed by atoms with Crippen LogP contribution >= 0.6 is 34.8 Å². The Balaban J connectivity index is 2.01. The summed E-state index contributed by atoms with van der Waals surface area (Å²) in [6.45, 7) is 0. The van der Waals surface area contributed by atoms with Gasteiger partial charge in [-0.15, -0.1) is 5.10 Å². The number of aromatic amines is 1. The van der Waals surface area contributed by atoms with Gasteiger partial charge in [0.25, 0.3) is 0 Å². The number of allylic oxidation sites excluding steroid dienone is 1. The monoisotopic (exact) mass is 434 g/mol. The number of nitrogens with one attached hydrogen (secondary N) is 1. The maximum Gasteiger partial charge on any atom is 0.244 e. The lowest BCUT2D eigenvalue weighted by atomic mass is 9.82. The average molecular weight is 436 g/mol. The molecule has 0 spiro atoms. The largest absolute Gasteiger partial charge is 0.420 e. The molecule has 9 heteroatoms. The van der Waals surface area contributed by atoms with Crippen molar-refractivity contribution in [3.8, 4) is 23.2 Å². The predicted molar refractivity (Wildman–Crippen MR) is 105 cm³/mol. The summed E-state index contributed by atoms with van der Waals surface area (Å²) in [5.41, 5.74) is 7.58. The first-order valence-electron chi connectivity index (χ1n) is 7.97. The summed E-state index contributed by atoms with van der Waals surface area (Å²) >= 11 is 18.4. The van der Waals surface area contributed by atoms with E-state index in [2.05, 4.69) is 10.2 Å². The van der Waals surface area contributed by atoms with Crippen LogP contribution in [-0.4, -0.2) is 10.2 Å². The number of ether oxygens (including phenoxy) is 1. The zero-order valence-corrected chi connectivity index (χ0v) is 16.2. The molecule has 4 rings (SSSR count). The molecule has 2 heterocycles. The predicted octanol–water partition coefficient (Wildman–Crippen LogP) is 5.39. The third kappa shape index (κ3) is 2.89. The van der Waals surface area contributed by atoms with Gasteiger partial charge in [-0.1, -0.05) is 46.9 Å². The maximum atomic E-state index is 14.8. The fraction of sp³-hybridized carbons (Fsp3) is 0.0526. The van der Waals surface area contributed by atoms with Gasteiger partial charge in [0.15, 0.2) is 0 Å². The number of halogens is 4. The Morgan fingerprint density at radius 3 is 2.57 bits per heavy atom. The Morgan fingerprint density at radius 2 is 1.89 bits per heavy atom. The normalized spacial score (nSPS) is 15.8. The second-order valence-electron chi connectivity index (χ2n) is 6.01. The molecule has 1 aromatic heterocycles. The van der Waals surface area contributed by atoms with Crippen LogP contribution in [0.15, 0.2) is 47.9 Å². The quantitative estimate of drug-likeness (QED) is 0.564. The first-order valence-corrected chi connectivity index (χ1v) is 9.11. The number of nitrogens with zero attached hydrogens (tertiary/aromatic N) is 2. The van der Waals surface area contributed by atoms with Crippen molar-refractivity contribution in [2.45, 2.75) is 5.92 Å². The molecule has 3 N–H and O–H groups in total. The molecule has 1 atom stereocenters. The minimum Gasteiger partial charge on any atom is -0.420 e. The van der Waals surface area contributed by atoms with E-state index in [0.29, 0.717) is 26.9 Å². The Bertz CT molecular complexity index is 1160. The van der Waals surface area contributed by atoms with Crippen molar-refractivity contribution in [2.24, 2.45) is 5.73 Å². The van der Waals surface area contributed by atoms with Gasteiger partial charge in [0, 0.05) is 16.1 Å². The molecule has 0 aliphatic carbocycles. The van der Waals surface area contributed by atoms with E-state index < -0.39 is 11.7 Å². The molecule has 0 saturated heterocycles. The molecule has 0 saturated carbocycles. The van der Waals surface area contributed by atoms with Gasteiger partial charge in [-0.3, -0.25) is 5.10 Å². The topological polar surface area (TPSA) is 87.7 Å². The smallest absolute Gasteiger partial charge is 0.244 e. The Hall–Kier alpha value is -2.72. The molecule has 1 aliphatic rings. The maximum absolute atomic E-state index is 14.8. The minimum atomic E-state index is -0.911. The highest BCUT2D eigenvalue weighted by Crippen LogP contribution is 2.48. The second-order valence-corrected chi connectivity index (χ2v) is 7.23. The number of aromatic nitrogens is 2. The third-order valence-corrected chi connectivity index (χ3v) is 5.50. The SMILES string of the molecule is N#CC1=C(N)Oc2n[nH]c(-c3ccc(Cl)c(Cl)c3)c2[C@H]1c1c(F)cccc1Cl. The highest BCUT2D eigenvalue weighted by molar-refractivity contribution is 6.42. The summed E-state index contributed by atoms with van der Waals surface area (Å²) in [6.07, 6.45) is 0. The van der Waals surface area contributed by atoms with Crippen LogP contribution in [0.1, 0.15) is 17.0 Å². The minimum absolute atomic E-state index is 0.0298. The molecule has 28 heavy (non-hydrogen) atoms. The van der Waals surface area contributed by atoms with E-state index >= 15 is 0 Å². The number of benzene rings is 2. The molecule has 5 nitrogen and oxygen atoms in total. The van der Waals surface area contributed by atoms with Gasteiger partial charge in [-0.05, 0) is 24.3 Å². The van der Waals surface area contributed by atoms with E-state index in [1.807, 2.05) is 6.07 Å². The molecule has 2 aromatic carbocycles. The molecular formula is C19H10Cl3FN4O. The van der Waals surface area contributed by atoms with Gasteiger partial charge >= 0.3 is 0 Å². The van der Waals surface area contributed by atoms with E-state index in [4.69, 9.17) is 45.3 Å². The lowest BCUT2D eigenvalue weighted by Crippen LogP contribution is -2.21. The van der Waals surface area contributed by atoms with E-state index in [-0.39, 0.29) is 27.9 Å². The highest BCUT2D eigenvalue weighted by atomic mass is 35.5. The highest BCUT2D eigenvalue weighted by Gasteiger charge is 2.38. The number of nitrogens with two attached hydrogens (primary N) is 1. The summed E-state index contributed by atoms with van der Waals surface area (Å²) in [5.74, 6) is -1.52. The third-order valence-electron chi connectivity index (χ3n) is 4.44. The first kappa shape index (κ1) is 18.6. The van der Waals surface area contributed by atoms with Crippen molar-refractivity contribution in [1.82, 2.24) is 10.2 Å². The molecule has 0 radical (unpaired) electrons. The number of hydrogen-bond donors (Lipinski definition) is 2. The molecule has 0 unspecified atom stereocenters. The lowest BCUT2D eigenvalue weighted by molar-refractivity contribution is 0.378. The molecular weight excluding hydrogens is 426 g/mol. The summed E-state index contributed by atoms with van der Waals surface area (Å²) in [6, 6.07) is 11.3. The van der Waals surface area contributed by atoms with Crippen LogP contribution in [0.2, 0.25) is 15.1 Å².